The monoisotopic (exact) mass is 357 g/mol. The van der Waals surface area contributed by atoms with Crippen LogP contribution >= 0.6 is 0 Å². The second-order valence-electron chi connectivity index (χ2n) is 6.44. The molecule has 0 aliphatic heterocycles. The highest BCUT2D eigenvalue weighted by Gasteiger charge is 2.28. The van der Waals surface area contributed by atoms with Gasteiger partial charge < -0.3 is 15.2 Å². The summed E-state index contributed by atoms with van der Waals surface area (Å²) in [7, 11) is 0. The zero-order chi connectivity index (χ0) is 19.3. The average Bonchev–Trinajstić information content (AvgIpc) is 2.58. The summed E-state index contributed by atoms with van der Waals surface area (Å²) >= 11 is 0. The number of hydrogen-bond donors (Lipinski definition) is 2. The van der Waals surface area contributed by atoms with Crippen molar-refractivity contribution in [3.63, 3.8) is 0 Å². The second-order valence-corrected chi connectivity index (χ2v) is 6.44. The maximum atomic E-state index is 12.5. The minimum Gasteiger partial charge on any atom is -0.476 e. The molecule has 0 fully saturated rings. The van der Waals surface area contributed by atoms with Gasteiger partial charge in [-0.1, -0.05) is 30.3 Å². The van der Waals surface area contributed by atoms with Gasteiger partial charge in [-0.3, -0.25) is 4.79 Å². The number of amides is 1. The third kappa shape index (κ3) is 5.10. The van der Waals surface area contributed by atoms with Crippen LogP contribution in [-0.2, 0) is 9.53 Å². The van der Waals surface area contributed by atoms with Gasteiger partial charge in [-0.2, -0.15) is 0 Å². The molecular formula is C18H19N3O5. The van der Waals surface area contributed by atoms with E-state index in [1.165, 1.54) is 0 Å². The molecule has 0 unspecified atom stereocenters. The SMILES string of the molecule is CC(C)(C)OC(=O)[C@@H](NC(=O)c1cnc(C(=O)O)cn1)c1ccccc1. The van der Waals surface area contributed by atoms with Gasteiger partial charge in [0.2, 0.25) is 0 Å². The number of carbonyl (C=O) groups excluding carboxylic acids is 2. The van der Waals surface area contributed by atoms with Crippen LogP contribution in [0.3, 0.4) is 0 Å². The van der Waals surface area contributed by atoms with Gasteiger partial charge in [0, 0.05) is 0 Å². The molecule has 0 saturated heterocycles. The summed E-state index contributed by atoms with van der Waals surface area (Å²) in [5.41, 5.74) is -0.573. The van der Waals surface area contributed by atoms with Crippen LogP contribution in [0.2, 0.25) is 0 Å². The highest BCUT2D eigenvalue weighted by molar-refractivity contribution is 5.95. The third-order valence-electron chi connectivity index (χ3n) is 3.15. The quantitative estimate of drug-likeness (QED) is 0.785. The fourth-order valence-electron chi connectivity index (χ4n) is 2.05. The first kappa shape index (κ1) is 19.0. The Labute approximate surface area is 150 Å². The van der Waals surface area contributed by atoms with Crippen LogP contribution in [0.1, 0.15) is 53.4 Å². The predicted molar refractivity (Wildman–Crippen MR) is 91.5 cm³/mol. The molecule has 1 atom stereocenters. The summed E-state index contributed by atoms with van der Waals surface area (Å²) in [6.45, 7) is 5.18. The van der Waals surface area contributed by atoms with E-state index in [1.54, 1.807) is 51.1 Å². The first-order valence-electron chi connectivity index (χ1n) is 7.81. The molecule has 0 radical (unpaired) electrons. The Kier molecular flexibility index (Phi) is 5.66. The molecule has 1 aromatic carbocycles. The molecule has 136 valence electrons. The molecular weight excluding hydrogens is 338 g/mol. The molecule has 1 amide bonds. The second kappa shape index (κ2) is 7.73. The van der Waals surface area contributed by atoms with Crippen molar-refractivity contribution >= 4 is 17.8 Å². The van der Waals surface area contributed by atoms with Crippen LogP contribution in [0.25, 0.3) is 0 Å². The van der Waals surface area contributed by atoms with Gasteiger partial charge in [0.1, 0.15) is 11.3 Å². The Hall–Kier alpha value is -3.29. The van der Waals surface area contributed by atoms with Gasteiger partial charge >= 0.3 is 11.9 Å². The normalized spacial score (nSPS) is 12.1. The van der Waals surface area contributed by atoms with Crippen molar-refractivity contribution in [2.45, 2.75) is 32.4 Å². The van der Waals surface area contributed by atoms with Crippen LogP contribution in [0.15, 0.2) is 42.7 Å². The lowest BCUT2D eigenvalue weighted by atomic mass is 10.1. The van der Waals surface area contributed by atoms with Gasteiger partial charge in [-0.15, -0.1) is 0 Å². The Morgan fingerprint density at radius 3 is 2.12 bits per heavy atom. The molecule has 8 heteroatoms. The number of nitrogens with one attached hydrogen (secondary N) is 1. The lowest BCUT2D eigenvalue weighted by Gasteiger charge is -2.24. The number of aromatic nitrogens is 2. The van der Waals surface area contributed by atoms with E-state index in [0.29, 0.717) is 5.56 Å². The van der Waals surface area contributed by atoms with Crippen molar-refractivity contribution in [2.24, 2.45) is 0 Å². The molecule has 1 heterocycles. The standard InChI is InChI=1S/C18H19N3O5/c1-18(2,3)26-17(25)14(11-7-5-4-6-8-11)21-15(22)12-9-20-13(10-19-12)16(23)24/h4-10,14H,1-3H3,(H,21,22)(H,23,24)/t14-/m0/s1. The summed E-state index contributed by atoms with van der Waals surface area (Å²) in [6, 6.07) is 7.60. The summed E-state index contributed by atoms with van der Waals surface area (Å²) in [4.78, 5) is 43.1. The first-order chi connectivity index (χ1) is 12.2. The Morgan fingerprint density at radius 1 is 1.04 bits per heavy atom. The third-order valence-corrected chi connectivity index (χ3v) is 3.15. The number of aromatic carboxylic acids is 1. The molecule has 2 aromatic rings. The lowest BCUT2D eigenvalue weighted by Crippen LogP contribution is -2.38. The van der Waals surface area contributed by atoms with Gasteiger partial charge in [0.15, 0.2) is 11.7 Å². The Morgan fingerprint density at radius 2 is 1.62 bits per heavy atom. The molecule has 0 aliphatic carbocycles. The average molecular weight is 357 g/mol. The number of carbonyl (C=O) groups is 3. The largest absolute Gasteiger partial charge is 0.476 e. The van der Waals surface area contributed by atoms with E-state index < -0.39 is 29.5 Å². The molecule has 8 nitrogen and oxygen atoms in total. The van der Waals surface area contributed by atoms with E-state index in [-0.39, 0.29) is 11.4 Å². The van der Waals surface area contributed by atoms with Crippen molar-refractivity contribution in [3.8, 4) is 0 Å². The van der Waals surface area contributed by atoms with Gasteiger partial charge in [-0.05, 0) is 26.3 Å². The summed E-state index contributed by atoms with van der Waals surface area (Å²) in [5.74, 6) is -2.54. The van der Waals surface area contributed by atoms with Gasteiger partial charge in [-0.25, -0.2) is 19.6 Å². The van der Waals surface area contributed by atoms with E-state index in [4.69, 9.17) is 9.84 Å². The van der Waals surface area contributed by atoms with Crippen LogP contribution in [-0.4, -0.2) is 38.5 Å². The number of hydrogen-bond acceptors (Lipinski definition) is 6. The molecule has 2 N–H and O–H groups in total. The van der Waals surface area contributed by atoms with Crippen molar-refractivity contribution in [1.29, 1.82) is 0 Å². The fourth-order valence-corrected chi connectivity index (χ4v) is 2.05. The summed E-state index contributed by atoms with van der Waals surface area (Å²) in [6.07, 6.45) is 2.01. The number of esters is 1. The van der Waals surface area contributed by atoms with Crippen LogP contribution in [0.4, 0.5) is 0 Å². The highest BCUT2D eigenvalue weighted by atomic mass is 16.6. The Bertz CT molecular complexity index is 798. The molecule has 0 spiro atoms. The van der Waals surface area contributed by atoms with Crippen molar-refractivity contribution in [1.82, 2.24) is 15.3 Å². The molecule has 0 aliphatic rings. The van der Waals surface area contributed by atoms with Crippen LogP contribution < -0.4 is 5.32 Å². The van der Waals surface area contributed by atoms with E-state index in [9.17, 15) is 14.4 Å². The summed E-state index contributed by atoms with van der Waals surface area (Å²) < 4.78 is 5.37. The zero-order valence-corrected chi connectivity index (χ0v) is 14.6. The van der Waals surface area contributed by atoms with Gasteiger partial charge in [0.25, 0.3) is 5.91 Å². The number of ether oxygens (including phenoxy) is 1. The molecule has 2 rings (SSSR count). The molecule has 0 bridgehead atoms. The van der Waals surface area contributed by atoms with E-state index >= 15 is 0 Å². The molecule has 26 heavy (non-hydrogen) atoms. The van der Waals surface area contributed by atoms with E-state index in [2.05, 4.69) is 15.3 Å². The topological polar surface area (TPSA) is 118 Å². The first-order valence-corrected chi connectivity index (χ1v) is 7.81. The number of nitrogens with zero attached hydrogens (tertiary/aromatic N) is 2. The van der Waals surface area contributed by atoms with Crippen molar-refractivity contribution in [2.75, 3.05) is 0 Å². The van der Waals surface area contributed by atoms with Crippen LogP contribution in [0, 0.1) is 0 Å². The van der Waals surface area contributed by atoms with Crippen molar-refractivity contribution in [3.05, 3.63) is 59.7 Å². The van der Waals surface area contributed by atoms with Gasteiger partial charge in [0.05, 0.1) is 12.4 Å². The minimum atomic E-state index is -1.25. The highest BCUT2D eigenvalue weighted by Crippen LogP contribution is 2.19. The maximum Gasteiger partial charge on any atom is 0.356 e. The summed E-state index contributed by atoms with van der Waals surface area (Å²) in [5, 5.41) is 11.4. The number of carboxylic acid groups (broad SMARTS) is 1. The number of rotatable bonds is 5. The lowest BCUT2D eigenvalue weighted by molar-refractivity contribution is -0.157. The zero-order valence-electron chi connectivity index (χ0n) is 14.6. The molecule has 0 saturated carbocycles. The van der Waals surface area contributed by atoms with E-state index in [1.807, 2.05) is 0 Å². The predicted octanol–water partition coefficient (Wildman–Crippen LogP) is 1.99. The smallest absolute Gasteiger partial charge is 0.356 e. The van der Waals surface area contributed by atoms with Crippen molar-refractivity contribution < 1.29 is 24.2 Å². The number of carboxylic acids is 1. The minimum absolute atomic E-state index is 0.112. The Balaban J connectivity index is 2.24. The molecule has 1 aromatic heterocycles. The maximum absolute atomic E-state index is 12.5. The van der Waals surface area contributed by atoms with E-state index in [0.717, 1.165) is 12.4 Å². The van der Waals surface area contributed by atoms with Crippen LogP contribution in [0.5, 0.6) is 0 Å². The number of benzene rings is 1. The fraction of sp³-hybridized carbons (Fsp3) is 0.278.